The van der Waals surface area contributed by atoms with Crippen molar-refractivity contribution in [1.29, 1.82) is 0 Å². The molecule has 1 saturated heterocycles. The maximum Gasteiger partial charge on any atom is 0.251 e. The summed E-state index contributed by atoms with van der Waals surface area (Å²) in [6, 6.07) is 6.65. The summed E-state index contributed by atoms with van der Waals surface area (Å²) in [7, 11) is 0. The molecule has 0 aliphatic carbocycles. The molecule has 22 heavy (non-hydrogen) atoms. The first kappa shape index (κ1) is 13.9. The van der Waals surface area contributed by atoms with Crippen LogP contribution in [0, 0.1) is 11.7 Å². The zero-order valence-electron chi connectivity index (χ0n) is 12.5. The summed E-state index contributed by atoms with van der Waals surface area (Å²) in [6.45, 7) is 4.09. The lowest BCUT2D eigenvalue weighted by Gasteiger charge is -2.21. The zero-order chi connectivity index (χ0) is 15.3. The van der Waals surface area contributed by atoms with Gasteiger partial charge in [0.2, 0.25) is 0 Å². The molecule has 0 bridgehead atoms. The average Bonchev–Trinajstić information content (AvgIpc) is 3.12. The van der Waals surface area contributed by atoms with Crippen molar-refractivity contribution < 1.29 is 4.39 Å². The monoisotopic (exact) mass is 301 g/mol. The van der Waals surface area contributed by atoms with E-state index in [1.165, 1.54) is 6.07 Å². The second kappa shape index (κ2) is 5.18. The Bertz CT molecular complexity index is 785. The van der Waals surface area contributed by atoms with E-state index in [1.54, 1.807) is 22.8 Å². The fourth-order valence-corrected chi connectivity index (χ4v) is 4.01. The number of rotatable bonds is 3. The fraction of sp³-hybridized carbons (Fsp3) is 0.471. The number of aromatic nitrogens is 1. The van der Waals surface area contributed by atoms with Crippen LogP contribution in [0.3, 0.4) is 0 Å². The molecular weight excluding hydrogens is 281 g/mol. The molecule has 2 N–H and O–H groups in total. The van der Waals surface area contributed by atoms with Crippen molar-refractivity contribution in [2.45, 2.75) is 18.9 Å². The lowest BCUT2D eigenvalue weighted by molar-refractivity contribution is 0.294. The Morgan fingerprint density at radius 3 is 2.82 bits per heavy atom. The molecule has 0 spiro atoms. The number of hydrogen-bond acceptors (Lipinski definition) is 3. The molecule has 4 rings (SSSR count). The van der Waals surface area contributed by atoms with Gasteiger partial charge in [-0.2, -0.15) is 0 Å². The molecular formula is C17H20FN3O. The summed E-state index contributed by atoms with van der Waals surface area (Å²) < 4.78 is 16.1. The molecule has 116 valence electrons. The summed E-state index contributed by atoms with van der Waals surface area (Å²) in [6.07, 6.45) is 1.11. The van der Waals surface area contributed by atoms with E-state index < -0.39 is 0 Å². The third kappa shape index (κ3) is 2.08. The molecule has 0 radical (unpaired) electrons. The Kier molecular flexibility index (Phi) is 3.27. The lowest BCUT2D eigenvalue weighted by atomic mass is 9.98. The van der Waals surface area contributed by atoms with Gasteiger partial charge in [0, 0.05) is 37.2 Å². The van der Waals surface area contributed by atoms with Crippen LogP contribution in [0.25, 0.3) is 10.9 Å². The van der Waals surface area contributed by atoms with Crippen LogP contribution in [-0.2, 0) is 6.54 Å². The molecule has 4 nitrogen and oxygen atoms in total. The molecule has 1 aromatic carbocycles. The second-order valence-electron chi connectivity index (χ2n) is 6.53. The molecule has 2 unspecified atom stereocenters. The molecule has 2 aliphatic rings. The van der Waals surface area contributed by atoms with Gasteiger partial charge >= 0.3 is 0 Å². The first-order valence-electron chi connectivity index (χ1n) is 7.91. The zero-order valence-corrected chi connectivity index (χ0v) is 12.5. The molecule has 2 aromatic rings. The van der Waals surface area contributed by atoms with E-state index >= 15 is 0 Å². The molecule has 2 atom stereocenters. The standard InChI is InChI=1S/C17H20FN3O/c18-14-3-1-12-2-4-15(22)21-10-13(16(14)17(12)21)9-20-6-5-11(7-19)8-20/h1-4,11,13H,5-10,19H2. The first-order chi connectivity index (χ1) is 10.7. The topological polar surface area (TPSA) is 51.3 Å². The van der Waals surface area contributed by atoms with Gasteiger partial charge in [-0.3, -0.25) is 4.79 Å². The van der Waals surface area contributed by atoms with E-state index in [4.69, 9.17) is 5.73 Å². The van der Waals surface area contributed by atoms with Crippen LogP contribution in [-0.4, -0.2) is 35.6 Å². The Morgan fingerprint density at radius 2 is 2.05 bits per heavy atom. The van der Waals surface area contributed by atoms with Crippen molar-refractivity contribution in [2.75, 3.05) is 26.2 Å². The van der Waals surface area contributed by atoms with Crippen LogP contribution in [0.2, 0.25) is 0 Å². The van der Waals surface area contributed by atoms with E-state index in [9.17, 15) is 9.18 Å². The summed E-state index contributed by atoms with van der Waals surface area (Å²) in [4.78, 5) is 14.5. The minimum absolute atomic E-state index is 0.0388. The smallest absolute Gasteiger partial charge is 0.251 e. The number of halogens is 1. The maximum absolute atomic E-state index is 14.4. The lowest BCUT2D eigenvalue weighted by Crippen LogP contribution is -2.29. The third-order valence-electron chi connectivity index (χ3n) is 5.13. The van der Waals surface area contributed by atoms with Crippen molar-refractivity contribution in [3.8, 4) is 0 Å². The van der Waals surface area contributed by atoms with Gasteiger partial charge in [0.15, 0.2) is 0 Å². The van der Waals surface area contributed by atoms with Gasteiger partial charge in [-0.15, -0.1) is 0 Å². The van der Waals surface area contributed by atoms with Crippen LogP contribution in [0.4, 0.5) is 4.39 Å². The van der Waals surface area contributed by atoms with Crippen LogP contribution in [0.15, 0.2) is 29.1 Å². The predicted octanol–water partition coefficient (Wildman–Crippen LogP) is 1.52. The number of pyridine rings is 1. The normalized spacial score (nSPS) is 24.5. The van der Waals surface area contributed by atoms with Crippen LogP contribution in [0.5, 0.6) is 0 Å². The second-order valence-corrected chi connectivity index (χ2v) is 6.53. The van der Waals surface area contributed by atoms with Crippen molar-refractivity contribution >= 4 is 10.9 Å². The van der Waals surface area contributed by atoms with Gasteiger partial charge in [0.05, 0.1) is 5.52 Å². The Labute approximate surface area is 128 Å². The Hall–Kier alpha value is -1.72. The quantitative estimate of drug-likeness (QED) is 0.935. The molecule has 0 saturated carbocycles. The SMILES string of the molecule is NCC1CCN(CC2Cn3c(=O)ccc4ccc(F)c2c43)C1. The van der Waals surface area contributed by atoms with E-state index in [0.29, 0.717) is 24.6 Å². The van der Waals surface area contributed by atoms with Crippen LogP contribution >= 0.6 is 0 Å². The summed E-state index contributed by atoms with van der Waals surface area (Å²) in [5.41, 5.74) is 7.21. The average molecular weight is 301 g/mol. The highest BCUT2D eigenvalue weighted by molar-refractivity contribution is 5.84. The number of benzene rings is 1. The van der Waals surface area contributed by atoms with Crippen molar-refractivity contribution in [3.05, 3.63) is 46.0 Å². The van der Waals surface area contributed by atoms with Gasteiger partial charge in [0.25, 0.3) is 5.56 Å². The summed E-state index contributed by atoms with van der Waals surface area (Å²) in [5, 5.41) is 0.944. The number of hydrogen-bond donors (Lipinski definition) is 1. The van der Waals surface area contributed by atoms with Crippen LogP contribution in [0.1, 0.15) is 17.9 Å². The first-order valence-corrected chi connectivity index (χ1v) is 7.91. The summed E-state index contributed by atoms with van der Waals surface area (Å²) >= 11 is 0. The van der Waals surface area contributed by atoms with Gasteiger partial charge < -0.3 is 15.2 Å². The van der Waals surface area contributed by atoms with Gasteiger partial charge in [-0.25, -0.2) is 4.39 Å². The Balaban J connectivity index is 1.70. The van der Waals surface area contributed by atoms with Gasteiger partial charge in [-0.1, -0.05) is 0 Å². The number of likely N-dealkylation sites (tertiary alicyclic amines) is 1. The highest BCUT2D eigenvalue weighted by atomic mass is 19.1. The largest absolute Gasteiger partial charge is 0.330 e. The van der Waals surface area contributed by atoms with E-state index in [1.807, 2.05) is 0 Å². The fourth-order valence-electron chi connectivity index (χ4n) is 4.01. The molecule has 1 fully saturated rings. The van der Waals surface area contributed by atoms with Crippen molar-refractivity contribution in [1.82, 2.24) is 9.47 Å². The minimum atomic E-state index is -0.191. The van der Waals surface area contributed by atoms with E-state index in [-0.39, 0.29) is 17.3 Å². The highest BCUT2D eigenvalue weighted by Gasteiger charge is 2.31. The van der Waals surface area contributed by atoms with E-state index in [0.717, 1.165) is 37.0 Å². The molecule has 0 amide bonds. The highest BCUT2D eigenvalue weighted by Crippen LogP contribution is 2.35. The van der Waals surface area contributed by atoms with Gasteiger partial charge in [0.1, 0.15) is 5.82 Å². The number of nitrogens with zero attached hydrogens (tertiary/aromatic N) is 2. The summed E-state index contributed by atoms with van der Waals surface area (Å²) in [5.74, 6) is 0.409. The molecule has 5 heteroatoms. The third-order valence-corrected chi connectivity index (χ3v) is 5.13. The maximum atomic E-state index is 14.4. The number of nitrogens with two attached hydrogens (primary N) is 1. The van der Waals surface area contributed by atoms with Gasteiger partial charge in [-0.05, 0) is 49.0 Å². The molecule has 3 heterocycles. The molecule has 2 aliphatic heterocycles. The molecule has 1 aromatic heterocycles. The van der Waals surface area contributed by atoms with Crippen molar-refractivity contribution in [2.24, 2.45) is 11.7 Å². The Morgan fingerprint density at radius 1 is 1.23 bits per heavy atom. The predicted molar refractivity (Wildman–Crippen MR) is 84.5 cm³/mol. The van der Waals surface area contributed by atoms with Crippen LogP contribution < -0.4 is 11.3 Å². The van der Waals surface area contributed by atoms with Crippen molar-refractivity contribution in [3.63, 3.8) is 0 Å². The van der Waals surface area contributed by atoms with E-state index in [2.05, 4.69) is 4.90 Å². The minimum Gasteiger partial charge on any atom is -0.330 e.